The van der Waals surface area contributed by atoms with Crippen LogP contribution in [0.25, 0.3) is 0 Å². The summed E-state index contributed by atoms with van der Waals surface area (Å²) >= 11 is 0. The van der Waals surface area contributed by atoms with Crippen molar-refractivity contribution in [3.63, 3.8) is 0 Å². The Kier molecular flexibility index (Phi) is 5.07. The number of ether oxygens (including phenoxy) is 2. The smallest absolute Gasteiger partial charge is 0.330 e. The van der Waals surface area contributed by atoms with Crippen LogP contribution in [0.5, 0.6) is 5.75 Å². The van der Waals surface area contributed by atoms with Gasteiger partial charge >= 0.3 is 5.97 Å². The zero-order valence-corrected chi connectivity index (χ0v) is 10.5. The van der Waals surface area contributed by atoms with Crippen LogP contribution in [0.2, 0.25) is 0 Å². The van der Waals surface area contributed by atoms with Crippen molar-refractivity contribution in [2.24, 2.45) is 0 Å². The number of hydrogen-bond donors (Lipinski definition) is 2. The molecule has 0 bridgehead atoms. The van der Waals surface area contributed by atoms with Gasteiger partial charge in [0.2, 0.25) is 0 Å². The number of rotatable bonds is 6. The summed E-state index contributed by atoms with van der Waals surface area (Å²) in [6.45, 7) is -0.546. The van der Waals surface area contributed by atoms with Crippen LogP contribution in [0.1, 0.15) is 0 Å². The lowest BCUT2D eigenvalue weighted by Crippen LogP contribution is -2.34. The van der Waals surface area contributed by atoms with Gasteiger partial charge in [0.25, 0.3) is 5.69 Å². The van der Waals surface area contributed by atoms with Crippen molar-refractivity contribution in [2.45, 2.75) is 6.04 Å². The molecule has 0 fully saturated rings. The monoisotopic (exact) mass is 270 g/mol. The number of carbonyl (C=O) groups excluding carboxylic acids is 1. The minimum absolute atomic E-state index is 0.0928. The fourth-order valence-electron chi connectivity index (χ4n) is 1.42. The lowest BCUT2D eigenvalue weighted by molar-refractivity contribution is -0.384. The molecule has 19 heavy (non-hydrogen) atoms. The Bertz CT molecular complexity index is 476. The highest BCUT2D eigenvalue weighted by Crippen LogP contribution is 2.29. The van der Waals surface area contributed by atoms with Gasteiger partial charge in [0.15, 0.2) is 0 Å². The van der Waals surface area contributed by atoms with Gasteiger partial charge in [0, 0.05) is 0 Å². The third-order valence-corrected chi connectivity index (χ3v) is 2.40. The molecule has 0 aliphatic heterocycles. The number of nitro groups is 1. The summed E-state index contributed by atoms with van der Waals surface area (Å²) in [5.74, 6) is -0.400. The maximum atomic E-state index is 11.3. The molecule has 2 N–H and O–H groups in total. The molecule has 0 aromatic heterocycles. The van der Waals surface area contributed by atoms with Gasteiger partial charge in [-0.1, -0.05) is 0 Å². The van der Waals surface area contributed by atoms with E-state index >= 15 is 0 Å². The first-order valence-corrected chi connectivity index (χ1v) is 5.31. The lowest BCUT2D eigenvalue weighted by atomic mass is 10.2. The summed E-state index contributed by atoms with van der Waals surface area (Å²) in [5, 5.41) is 22.6. The van der Waals surface area contributed by atoms with E-state index in [4.69, 9.17) is 9.84 Å². The first-order chi connectivity index (χ1) is 9.03. The van der Waals surface area contributed by atoms with E-state index in [1.165, 1.54) is 25.3 Å². The zero-order valence-electron chi connectivity index (χ0n) is 10.5. The molecule has 0 radical (unpaired) electrons. The molecule has 1 aromatic rings. The second kappa shape index (κ2) is 6.55. The number of methoxy groups -OCH3 is 2. The van der Waals surface area contributed by atoms with Gasteiger partial charge in [0.05, 0.1) is 31.8 Å². The number of aliphatic hydroxyl groups excluding tert-OH is 1. The number of aliphatic hydroxyl groups is 1. The summed E-state index contributed by atoms with van der Waals surface area (Å²) in [4.78, 5) is 21.6. The number of hydrogen-bond acceptors (Lipinski definition) is 7. The predicted molar refractivity (Wildman–Crippen MR) is 66.2 cm³/mol. The number of carbonyl (C=O) groups is 1. The summed E-state index contributed by atoms with van der Waals surface area (Å²) in [6.07, 6.45) is 0. The lowest BCUT2D eigenvalue weighted by Gasteiger charge is -2.15. The number of nitrogens with one attached hydrogen (secondary N) is 1. The molecule has 104 valence electrons. The molecule has 1 rings (SSSR count). The van der Waals surface area contributed by atoms with Gasteiger partial charge in [-0.25, -0.2) is 4.79 Å². The molecule has 0 amide bonds. The van der Waals surface area contributed by atoms with E-state index in [1.807, 2.05) is 0 Å². The van der Waals surface area contributed by atoms with Crippen LogP contribution in [0, 0.1) is 10.1 Å². The Morgan fingerprint density at radius 1 is 1.53 bits per heavy atom. The topological polar surface area (TPSA) is 111 Å². The number of benzene rings is 1. The molecule has 0 heterocycles. The summed E-state index contributed by atoms with van der Waals surface area (Å²) in [6, 6.07) is 3.04. The van der Waals surface area contributed by atoms with Crippen molar-refractivity contribution < 1.29 is 24.3 Å². The molecule has 0 aliphatic carbocycles. The number of anilines is 1. The minimum atomic E-state index is -1.07. The van der Waals surface area contributed by atoms with E-state index in [0.29, 0.717) is 5.75 Å². The second-order valence-electron chi connectivity index (χ2n) is 3.54. The maximum absolute atomic E-state index is 11.3. The van der Waals surface area contributed by atoms with Crippen LogP contribution in [-0.2, 0) is 9.53 Å². The zero-order chi connectivity index (χ0) is 14.4. The Morgan fingerprint density at radius 2 is 2.21 bits per heavy atom. The summed E-state index contributed by atoms with van der Waals surface area (Å²) < 4.78 is 9.35. The minimum Gasteiger partial charge on any atom is -0.496 e. The molecule has 0 saturated carbocycles. The van der Waals surface area contributed by atoms with Gasteiger partial charge in [-0.2, -0.15) is 0 Å². The first kappa shape index (κ1) is 14.7. The van der Waals surface area contributed by atoms with Crippen LogP contribution in [-0.4, -0.2) is 42.9 Å². The van der Waals surface area contributed by atoms with E-state index in [2.05, 4.69) is 10.1 Å². The van der Waals surface area contributed by atoms with E-state index in [9.17, 15) is 14.9 Å². The fourth-order valence-corrected chi connectivity index (χ4v) is 1.42. The van der Waals surface area contributed by atoms with Crippen molar-refractivity contribution >= 4 is 17.3 Å². The van der Waals surface area contributed by atoms with E-state index < -0.39 is 23.5 Å². The van der Waals surface area contributed by atoms with Crippen molar-refractivity contribution in [3.05, 3.63) is 28.3 Å². The Balaban J connectivity index is 3.05. The molecule has 0 aliphatic rings. The number of nitrogens with zero attached hydrogens (tertiary/aromatic N) is 1. The van der Waals surface area contributed by atoms with Gasteiger partial charge < -0.3 is 19.9 Å². The Morgan fingerprint density at radius 3 is 2.68 bits per heavy atom. The molecule has 0 spiro atoms. The largest absolute Gasteiger partial charge is 0.496 e. The Hall–Kier alpha value is -2.35. The highest BCUT2D eigenvalue weighted by Gasteiger charge is 2.22. The quantitative estimate of drug-likeness (QED) is 0.441. The van der Waals surface area contributed by atoms with Crippen LogP contribution >= 0.6 is 0 Å². The average molecular weight is 270 g/mol. The van der Waals surface area contributed by atoms with Gasteiger partial charge in [-0.05, 0) is 12.1 Å². The van der Waals surface area contributed by atoms with Crippen molar-refractivity contribution in [1.82, 2.24) is 0 Å². The van der Waals surface area contributed by atoms with Crippen LogP contribution in [0.4, 0.5) is 11.4 Å². The highest BCUT2D eigenvalue weighted by atomic mass is 16.6. The molecule has 1 atom stereocenters. The molecule has 8 heteroatoms. The predicted octanol–water partition coefficient (Wildman–Crippen LogP) is 0.549. The van der Waals surface area contributed by atoms with Crippen LogP contribution < -0.4 is 10.1 Å². The second-order valence-corrected chi connectivity index (χ2v) is 3.54. The van der Waals surface area contributed by atoms with E-state index in [-0.39, 0.29) is 11.4 Å². The molecule has 0 saturated heterocycles. The molecular weight excluding hydrogens is 256 g/mol. The normalized spacial score (nSPS) is 11.5. The van der Waals surface area contributed by atoms with E-state index in [1.54, 1.807) is 0 Å². The molecule has 0 unspecified atom stereocenters. The van der Waals surface area contributed by atoms with Crippen LogP contribution in [0.15, 0.2) is 18.2 Å². The van der Waals surface area contributed by atoms with Crippen LogP contribution in [0.3, 0.4) is 0 Å². The van der Waals surface area contributed by atoms with Gasteiger partial charge in [-0.3, -0.25) is 10.1 Å². The Labute approximate surface area is 109 Å². The SMILES string of the molecule is COC(=O)[C@@H](CO)Nc1ccc(OC)cc1[N+](=O)[O-]. The molecular formula is C11H14N2O6. The van der Waals surface area contributed by atoms with Crippen molar-refractivity contribution in [3.8, 4) is 5.75 Å². The van der Waals surface area contributed by atoms with Crippen molar-refractivity contribution in [1.29, 1.82) is 0 Å². The van der Waals surface area contributed by atoms with Gasteiger partial charge in [0.1, 0.15) is 17.5 Å². The highest BCUT2D eigenvalue weighted by molar-refractivity contribution is 5.81. The molecule has 1 aromatic carbocycles. The summed E-state index contributed by atoms with van der Waals surface area (Å²) in [7, 11) is 2.55. The van der Waals surface area contributed by atoms with E-state index in [0.717, 1.165) is 7.11 Å². The summed E-state index contributed by atoms with van der Waals surface area (Å²) in [5.41, 5.74) is -0.169. The van der Waals surface area contributed by atoms with Crippen molar-refractivity contribution in [2.75, 3.05) is 26.1 Å². The maximum Gasteiger partial charge on any atom is 0.330 e. The fraction of sp³-hybridized carbons (Fsp3) is 0.364. The molecule has 8 nitrogen and oxygen atoms in total. The first-order valence-electron chi connectivity index (χ1n) is 5.31. The average Bonchev–Trinajstić information content (AvgIpc) is 2.43. The third-order valence-electron chi connectivity index (χ3n) is 2.40. The van der Waals surface area contributed by atoms with Gasteiger partial charge in [-0.15, -0.1) is 0 Å². The number of esters is 1. The number of nitro benzene ring substituents is 1. The standard InChI is InChI=1S/C11H14N2O6/c1-18-7-3-4-8(10(5-7)13(16)17)12-9(6-14)11(15)19-2/h3-5,9,12,14H,6H2,1-2H3/t9-/m1/s1. The third kappa shape index (κ3) is 3.55.